The van der Waals surface area contributed by atoms with E-state index in [9.17, 15) is 4.79 Å². The molecular formula is C14H26O2. The molecule has 0 atom stereocenters. The molecule has 0 saturated heterocycles. The molecule has 0 radical (unpaired) electrons. The van der Waals surface area contributed by atoms with Crippen molar-refractivity contribution in [1.82, 2.24) is 0 Å². The van der Waals surface area contributed by atoms with Crippen molar-refractivity contribution in [2.24, 2.45) is 0 Å². The summed E-state index contributed by atoms with van der Waals surface area (Å²) in [5, 5.41) is 0. The zero-order valence-electron chi connectivity index (χ0n) is 11.4. The van der Waals surface area contributed by atoms with Crippen LogP contribution in [0.4, 0.5) is 0 Å². The van der Waals surface area contributed by atoms with Gasteiger partial charge in [-0.05, 0) is 53.9 Å². The van der Waals surface area contributed by atoms with E-state index >= 15 is 0 Å². The fraction of sp³-hybridized carbons (Fsp3) is 0.786. The van der Waals surface area contributed by atoms with E-state index in [1.165, 1.54) is 11.1 Å². The van der Waals surface area contributed by atoms with Gasteiger partial charge < -0.3 is 9.53 Å². The second-order valence-corrected chi connectivity index (χ2v) is 5.20. The van der Waals surface area contributed by atoms with E-state index < -0.39 is 0 Å². The number of hydrogen-bond acceptors (Lipinski definition) is 2. The molecule has 0 aromatic rings. The maximum absolute atomic E-state index is 10.2. The minimum absolute atomic E-state index is 0.0837. The predicted molar refractivity (Wildman–Crippen MR) is 68.6 cm³/mol. The van der Waals surface area contributed by atoms with Gasteiger partial charge in [-0.2, -0.15) is 0 Å². The van der Waals surface area contributed by atoms with Gasteiger partial charge in [0.1, 0.15) is 6.29 Å². The first-order valence-electron chi connectivity index (χ1n) is 6.09. The Hall–Kier alpha value is -0.630. The quantitative estimate of drug-likeness (QED) is 0.356. The summed E-state index contributed by atoms with van der Waals surface area (Å²) in [7, 11) is 0. The Bertz CT molecular complexity index is 235. The third-order valence-electron chi connectivity index (χ3n) is 2.91. The fourth-order valence-electron chi connectivity index (χ4n) is 1.33. The van der Waals surface area contributed by atoms with Crippen molar-refractivity contribution >= 4 is 6.29 Å². The van der Waals surface area contributed by atoms with E-state index in [0.29, 0.717) is 13.0 Å². The van der Waals surface area contributed by atoms with Gasteiger partial charge in [-0.15, -0.1) is 0 Å². The lowest BCUT2D eigenvalue weighted by Gasteiger charge is -2.25. The van der Waals surface area contributed by atoms with Crippen molar-refractivity contribution in [2.75, 3.05) is 6.61 Å². The van der Waals surface area contributed by atoms with Crippen LogP contribution in [0, 0.1) is 0 Å². The molecule has 0 amide bonds. The van der Waals surface area contributed by atoms with Gasteiger partial charge in [0.05, 0.1) is 5.60 Å². The number of hydrogen-bond donors (Lipinski definition) is 0. The van der Waals surface area contributed by atoms with Gasteiger partial charge in [0, 0.05) is 13.0 Å². The largest absolute Gasteiger partial charge is 0.376 e. The molecule has 0 saturated carbocycles. The summed E-state index contributed by atoms with van der Waals surface area (Å²) in [6, 6.07) is 0. The number of rotatable bonds is 8. The molecule has 94 valence electrons. The minimum atomic E-state index is -0.0837. The molecule has 0 rings (SSSR count). The molecule has 2 heteroatoms. The van der Waals surface area contributed by atoms with Crippen LogP contribution < -0.4 is 0 Å². The fourth-order valence-corrected chi connectivity index (χ4v) is 1.33. The smallest absolute Gasteiger partial charge is 0.120 e. The van der Waals surface area contributed by atoms with Crippen molar-refractivity contribution < 1.29 is 9.53 Å². The Morgan fingerprint density at radius 2 is 1.88 bits per heavy atom. The summed E-state index contributed by atoms with van der Waals surface area (Å²) in [6.45, 7) is 11.4. The number of carbonyl (C=O) groups is 1. The standard InChI is InChI=1S/C14H26O2/c1-12(2)13(3)8-9-14(4,5)16-11-7-6-10-15/h10H,6-9,11H2,1-5H3. The summed E-state index contributed by atoms with van der Waals surface area (Å²) in [5.74, 6) is 0. The Morgan fingerprint density at radius 1 is 1.25 bits per heavy atom. The van der Waals surface area contributed by atoms with E-state index in [4.69, 9.17) is 4.74 Å². The van der Waals surface area contributed by atoms with Crippen LogP contribution in [0.15, 0.2) is 11.1 Å². The highest BCUT2D eigenvalue weighted by atomic mass is 16.5. The third-order valence-corrected chi connectivity index (χ3v) is 2.91. The van der Waals surface area contributed by atoms with Gasteiger partial charge in [-0.25, -0.2) is 0 Å². The highest BCUT2D eigenvalue weighted by Gasteiger charge is 2.17. The molecule has 0 unspecified atom stereocenters. The molecule has 0 aliphatic carbocycles. The van der Waals surface area contributed by atoms with Crippen LogP contribution in [0.25, 0.3) is 0 Å². The van der Waals surface area contributed by atoms with Gasteiger partial charge in [0.25, 0.3) is 0 Å². The normalized spacial score (nSPS) is 11.3. The molecule has 0 N–H and O–H groups in total. The number of ether oxygens (including phenoxy) is 1. The summed E-state index contributed by atoms with van der Waals surface area (Å²) >= 11 is 0. The molecule has 0 fully saturated rings. The van der Waals surface area contributed by atoms with E-state index in [0.717, 1.165) is 25.5 Å². The molecule has 0 spiro atoms. The Balaban J connectivity index is 3.86. The van der Waals surface area contributed by atoms with Crippen molar-refractivity contribution in [3.05, 3.63) is 11.1 Å². The van der Waals surface area contributed by atoms with Crippen LogP contribution in [0.2, 0.25) is 0 Å². The number of carbonyl (C=O) groups excluding carboxylic acids is 1. The SMILES string of the molecule is CC(C)=C(C)CCC(C)(C)OCCCC=O. The van der Waals surface area contributed by atoms with Gasteiger partial charge in [-0.3, -0.25) is 0 Å². The minimum Gasteiger partial charge on any atom is -0.376 e. The first kappa shape index (κ1) is 15.4. The molecule has 0 aromatic heterocycles. The number of allylic oxidation sites excluding steroid dienone is 2. The Labute approximate surface area is 100 Å². The maximum atomic E-state index is 10.2. The van der Waals surface area contributed by atoms with E-state index in [1.807, 2.05) is 0 Å². The summed E-state index contributed by atoms with van der Waals surface area (Å²) < 4.78 is 5.78. The molecule has 0 aromatic carbocycles. The van der Waals surface area contributed by atoms with E-state index in [-0.39, 0.29) is 5.60 Å². The molecule has 16 heavy (non-hydrogen) atoms. The number of unbranched alkanes of at least 4 members (excludes halogenated alkanes) is 1. The van der Waals surface area contributed by atoms with Crippen LogP contribution in [0.5, 0.6) is 0 Å². The first-order valence-corrected chi connectivity index (χ1v) is 6.09. The van der Waals surface area contributed by atoms with Gasteiger partial charge >= 0.3 is 0 Å². The second kappa shape index (κ2) is 7.61. The highest BCUT2D eigenvalue weighted by Crippen LogP contribution is 2.21. The average Bonchev–Trinajstić information content (AvgIpc) is 2.21. The zero-order chi connectivity index (χ0) is 12.6. The van der Waals surface area contributed by atoms with Crippen LogP contribution in [0.3, 0.4) is 0 Å². The molecule has 0 aliphatic heterocycles. The summed E-state index contributed by atoms with van der Waals surface area (Å²) in [5.41, 5.74) is 2.76. The van der Waals surface area contributed by atoms with Gasteiger partial charge in [0.2, 0.25) is 0 Å². The van der Waals surface area contributed by atoms with Crippen LogP contribution in [-0.4, -0.2) is 18.5 Å². The third kappa shape index (κ3) is 7.63. The Morgan fingerprint density at radius 3 is 2.38 bits per heavy atom. The maximum Gasteiger partial charge on any atom is 0.120 e. The summed E-state index contributed by atoms with van der Waals surface area (Å²) in [4.78, 5) is 10.2. The lowest BCUT2D eigenvalue weighted by Crippen LogP contribution is -2.25. The highest BCUT2D eigenvalue weighted by molar-refractivity contribution is 5.48. The zero-order valence-corrected chi connectivity index (χ0v) is 11.4. The predicted octanol–water partition coefficient (Wildman–Crippen LogP) is 3.90. The topological polar surface area (TPSA) is 26.3 Å². The lowest BCUT2D eigenvalue weighted by atomic mass is 9.97. The Kier molecular flexibility index (Phi) is 7.31. The van der Waals surface area contributed by atoms with Crippen LogP contribution in [-0.2, 0) is 9.53 Å². The second-order valence-electron chi connectivity index (χ2n) is 5.20. The van der Waals surface area contributed by atoms with Crippen LogP contribution in [0.1, 0.15) is 60.3 Å². The number of aldehydes is 1. The van der Waals surface area contributed by atoms with Crippen molar-refractivity contribution in [3.63, 3.8) is 0 Å². The molecule has 0 heterocycles. The molecular weight excluding hydrogens is 200 g/mol. The van der Waals surface area contributed by atoms with Crippen molar-refractivity contribution in [2.45, 2.75) is 65.9 Å². The van der Waals surface area contributed by atoms with E-state index in [2.05, 4.69) is 34.6 Å². The van der Waals surface area contributed by atoms with Crippen molar-refractivity contribution in [3.8, 4) is 0 Å². The van der Waals surface area contributed by atoms with E-state index in [1.54, 1.807) is 0 Å². The molecule has 2 nitrogen and oxygen atoms in total. The van der Waals surface area contributed by atoms with Crippen molar-refractivity contribution in [1.29, 1.82) is 0 Å². The molecule has 0 aliphatic rings. The monoisotopic (exact) mass is 226 g/mol. The summed E-state index contributed by atoms with van der Waals surface area (Å²) in [6.07, 6.45) is 4.50. The first-order chi connectivity index (χ1) is 7.39. The molecule has 0 bridgehead atoms. The van der Waals surface area contributed by atoms with Crippen LogP contribution >= 0.6 is 0 Å². The lowest BCUT2D eigenvalue weighted by molar-refractivity contribution is -0.108. The average molecular weight is 226 g/mol. The van der Waals surface area contributed by atoms with Gasteiger partial charge in [-0.1, -0.05) is 11.1 Å². The van der Waals surface area contributed by atoms with Gasteiger partial charge in [0.15, 0.2) is 0 Å².